The highest BCUT2D eigenvalue weighted by Gasteiger charge is 2.79. The normalized spacial score (nSPS) is 39.5. The number of aliphatic hydroxyl groups is 2. The molecule has 4 N–H and O–H groups in total. The topological polar surface area (TPSA) is 119 Å². The van der Waals surface area contributed by atoms with Gasteiger partial charge in [-0.2, -0.15) is 0 Å². The van der Waals surface area contributed by atoms with Crippen molar-refractivity contribution in [3.63, 3.8) is 0 Å². The molecule has 45 heavy (non-hydrogen) atoms. The van der Waals surface area contributed by atoms with Crippen LogP contribution in [0.15, 0.2) is 72.3 Å². The van der Waals surface area contributed by atoms with Crippen molar-refractivity contribution in [1.82, 2.24) is 0 Å². The Morgan fingerprint density at radius 1 is 1.11 bits per heavy atom. The van der Waals surface area contributed by atoms with Gasteiger partial charge in [0.25, 0.3) is 0 Å². The maximum atomic E-state index is 17.5. The monoisotopic (exact) mass is 611 g/mol. The number of halogens is 1. The minimum Gasteiger partial charge on any atom is -0.399 e. The Morgan fingerprint density at radius 3 is 2.60 bits per heavy atom. The van der Waals surface area contributed by atoms with Gasteiger partial charge in [0.15, 0.2) is 29.1 Å². The molecule has 2 aromatic carbocycles. The Hall–Kier alpha value is -3.61. The Kier molecular flexibility index (Phi) is 6.99. The van der Waals surface area contributed by atoms with Gasteiger partial charge in [-0.15, -0.1) is 0 Å². The minimum atomic E-state index is -2.03. The van der Waals surface area contributed by atoms with Gasteiger partial charge in [0.2, 0.25) is 0 Å². The van der Waals surface area contributed by atoms with Crippen LogP contribution in [0, 0.1) is 34.5 Å². The zero-order valence-electron chi connectivity index (χ0n) is 25.5. The van der Waals surface area contributed by atoms with E-state index in [1.165, 1.54) is 12.2 Å². The van der Waals surface area contributed by atoms with E-state index in [0.29, 0.717) is 36.9 Å². The molecule has 1 heterocycles. The summed E-state index contributed by atoms with van der Waals surface area (Å²) in [6.07, 6.45) is 3.32. The Labute approximate surface area is 262 Å². The van der Waals surface area contributed by atoms with Gasteiger partial charge in [-0.05, 0) is 86.6 Å². The first-order chi connectivity index (χ1) is 21.4. The number of benzene rings is 2. The molecule has 2 aromatic rings. The largest absolute Gasteiger partial charge is 0.399 e. The lowest BCUT2D eigenvalue weighted by Crippen LogP contribution is -2.69. The molecular weight excluding hydrogens is 573 g/mol. The fraction of sp³-hybridized carbons (Fsp3) is 0.459. The van der Waals surface area contributed by atoms with Crippen molar-refractivity contribution >= 4 is 17.3 Å². The van der Waals surface area contributed by atoms with Gasteiger partial charge in [0.1, 0.15) is 6.61 Å². The number of fused-ring (bicyclic) bond motifs is 7. The highest BCUT2D eigenvalue weighted by Crippen LogP contribution is 2.71. The van der Waals surface area contributed by atoms with Gasteiger partial charge in [0, 0.05) is 40.0 Å². The summed E-state index contributed by atoms with van der Waals surface area (Å²) in [6, 6.07) is 15.1. The zero-order chi connectivity index (χ0) is 31.8. The van der Waals surface area contributed by atoms with E-state index in [9.17, 15) is 19.8 Å². The second-order valence-electron chi connectivity index (χ2n) is 13.8. The van der Waals surface area contributed by atoms with Crippen molar-refractivity contribution in [1.29, 1.82) is 0 Å². The second-order valence-corrected chi connectivity index (χ2v) is 13.8. The fourth-order valence-electron chi connectivity index (χ4n) is 9.41. The minimum absolute atomic E-state index is 0.0337. The maximum absolute atomic E-state index is 17.5. The van der Waals surface area contributed by atoms with Crippen molar-refractivity contribution in [3.8, 4) is 11.8 Å². The molecule has 0 aromatic heterocycles. The Balaban J connectivity index is 1.14. The molecule has 4 fully saturated rings. The number of alkyl halides is 1. The number of rotatable bonds is 4. The zero-order valence-corrected chi connectivity index (χ0v) is 25.5. The lowest BCUT2D eigenvalue weighted by atomic mass is 9.44. The van der Waals surface area contributed by atoms with Crippen molar-refractivity contribution in [2.45, 2.75) is 75.7 Å². The number of allylic oxidation sites excluding steroid dienone is 4. The van der Waals surface area contributed by atoms with Crippen molar-refractivity contribution in [2.75, 3.05) is 12.3 Å². The lowest BCUT2D eigenvalue weighted by Gasteiger charge is -2.62. The van der Waals surface area contributed by atoms with Crippen LogP contribution in [0.5, 0.6) is 0 Å². The van der Waals surface area contributed by atoms with E-state index in [1.807, 2.05) is 55.5 Å². The molecule has 1 saturated heterocycles. The number of ether oxygens (including phenoxy) is 2. The molecule has 0 unspecified atom stereocenters. The summed E-state index contributed by atoms with van der Waals surface area (Å²) in [7, 11) is 0. The van der Waals surface area contributed by atoms with Gasteiger partial charge in [0.05, 0.1) is 12.2 Å². The first kappa shape index (κ1) is 30.1. The van der Waals surface area contributed by atoms with Gasteiger partial charge in [-0.3, -0.25) is 9.59 Å². The van der Waals surface area contributed by atoms with Crippen LogP contribution in [0.2, 0.25) is 0 Å². The Bertz CT molecular complexity index is 1690. The third-order valence-corrected chi connectivity index (χ3v) is 11.6. The number of carbonyl (C=O) groups is 2. The second kappa shape index (κ2) is 10.5. The Morgan fingerprint density at radius 2 is 1.87 bits per heavy atom. The molecule has 8 heteroatoms. The number of nitrogen functional groups attached to an aromatic ring is 1. The van der Waals surface area contributed by atoms with E-state index in [-0.39, 0.29) is 18.1 Å². The van der Waals surface area contributed by atoms with Crippen LogP contribution in [-0.4, -0.2) is 58.2 Å². The van der Waals surface area contributed by atoms with E-state index < -0.39 is 58.9 Å². The number of nitrogens with two attached hydrogens (primary N) is 1. The first-order valence-corrected chi connectivity index (χ1v) is 15.7. The average Bonchev–Trinajstić information content (AvgIpc) is 3.49. The van der Waals surface area contributed by atoms with Crippen molar-refractivity contribution in [2.24, 2.45) is 22.7 Å². The van der Waals surface area contributed by atoms with Crippen LogP contribution in [0.25, 0.3) is 0 Å². The van der Waals surface area contributed by atoms with Crippen LogP contribution < -0.4 is 5.73 Å². The predicted molar refractivity (Wildman–Crippen MR) is 165 cm³/mol. The molecule has 0 spiro atoms. The number of carbonyl (C=O) groups excluding carboxylic acids is 2. The third kappa shape index (κ3) is 4.25. The van der Waals surface area contributed by atoms with Gasteiger partial charge in [-0.25, -0.2) is 4.39 Å². The summed E-state index contributed by atoms with van der Waals surface area (Å²) in [5.41, 5.74) is 4.12. The molecule has 0 radical (unpaired) electrons. The summed E-state index contributed by atoms with van der Waals surface area (Å²) in [5, 5.41) is 21.9. The number of hydrogen-bond acceptors (Lipinski definition) is 7. The number of ketones is 2. The highest BCUT2D eigenvalue weighted by atomic mass is 19.1. The van der Waals surface area contributed by atoms with E-state index in [4.69, 9.17) is 15.2 Å². The van der Waals surface area contributed by atoms with Crippen LogP contribution in [0.3, 0.4) is 0 Å². The van der Waals surface area contributed by atoms with Gasteiger partial charge < -0.3 is 25.4 Å². The summed E-state index contributed by atoms with van der Waals surface area (Å²) in [4.78, 5) is 25.8. The SMILES string of the molecule is C[C@]12C=CC(=O)C=C1CC[C@H]1[C@@H]3C[C@H]4O[C@@H](Cc5ccc(C#Cc6cccc(N)c6)cc5)O[C@@]4(C(=O)CO)[C@@]3(C)C[C@H](O)[C@@]12F. The standard InChI is InChI=1S/C37H38FNO6/c1-34-15-14-27(41)18-25(34)12-13-28-29-19-32-37(31(43)21-40,35(29,2)20-30(42)36(28,34)38)45-33(44-32)17-24-10-7-22(8-11-24)6-9-23-4-3-5-26(39)16-23/h3-5,7-8,10-11,14-16,18,28-30,32-33,40,42H,12-13,17,19-21,39H2,1-2H3/t28-,29-,30-,32+,33+,34-,35-,36-,37+/m0/s1. The van der Waals surface area contributed by atoms with E-state index in [1.54, 1.807) is 13.0 Å². The van der Waals surface area contributed by atoms with Crippen molar-refractivity contribution in [3.05, 3.63) is 89.0 Å². The highest BCUT2D eigenvalue weighted by molar-refractivity contribution is 6.01. The molecule has 4 aliphatic carbocycles. The molecule has 7 nitrogen and oxygen atoms in total. The summed E-state index contributed by atoms with van der Waals surface area (Å²) in [5.74, 6) is 4.65. The average molecular weight is 612 g/mol. The molecule has 3 saturated carbocycles. The smallest absolute Gasteiger partial charge is 0.193 e. The van der Waals surface area contributed by atoms with Gasteiger partial charge in [-0.1, -0.05) is 48.6 Å². The summed E-state index contributed by atoms with van der Waals surface area (Å²) < 4.78 is 30.6. The van der Waals surface area contributed by atoms with Crippen LogP contribution in [-0.2, 0) is 25.5 Å². The molecule has 9 atom stereocenters. The van der Waals surface area contributed by atoms with E-state index in [0.717, 1.165) is 16.7 Å². The molecular formula is C37H38FNO6. The number of aliphatic hydroxyl groups excluding tert-OH is 2. The summed E-state index contributed by atoms with van der Waals surface area (Å²) in [6.45, 7) is 2.91. The first-order valence-electron chi connectivity index (χ1n) is 15.7. The van der Waals surface area contributed by atoms with Crippen LogP contribution in [0.4, 0.5) is 10.1 Å². The summed E-state index contributed by atoms with van der Waals surface area (Å²) >= 11 is 0. The number of anilines is 1. The lowest BCUT2D eigenvalue weighted by molar-refractivity contribution is -0.230. The molecule has 0 bridgehead atoms. The molecule has 0 amide bonds. The molecule has 7 rings (SSSR count). The van der Waals surface area contributed by atoms with E-state index >= 15 is 4.39 Å². The van der Waals surface area contributed by atoms with E-state index in [2.05, 4.69) is 11.8 Å². The van der Waals surface area contributed by atoms with Crippen LogP contribution in [0.1, 0.15) is 56.2 Å². The third-order valence-electron chi connectivity index (χ3n) is 11.6. The number of Topliss-reactive ketones (excluding diaryl/α,β-unsaturated/α-hetero) is 1. The quantitative estimate of drug-likeness (QED) is 0.350. The predicted octanol–water partition coefficient (Wildman–Crippen LogP) is 4.23. The fourth-order valence-corrected chi connectivity index (χ4v) is 9.41. The van der Waals surface area contributed by atoms with Crippen molar-refractivity contribution < 1.29 is 33.7 Å². The number of hydrogen-bond donors (Lipinski definition) is 3. The molecule has 234 valence electrons. The van der Waals surface area contributed by atoms with Gasteiger partial charge >= 0.3 is 0 Å². The maximum Gasteiger partial charge on any atom is 0.193 e. The van der Waals surface area contributed by atoms with Crippen LogP contribution >= 0.6 is 0 Å². The molecule has 1 aliphatic heterocycles. The molecule has 5 aliphatic rings.